The first-order valence-electron chi connectivity index (χ1n) is 18.7. The van der Waals surface area contributed by atoms with E-state index in [1.807, 2.05) is 86.6 Å². The van der Waals surface area contributed by atoms with Crippen LogP contribution < -0.4 is 10.1 Å². The first-order chi connectivity index (χ1) is 27.4. The zero-order valence-electron chi connectivity index (χ0n) is 32.0. The zero-order valence-corrected chi connectivity index (χ0v) is 32.9. The standard InChI is InChI=1S/C42H51N3O10S/c1-31-6-3-4-9-37(31)41(48)45-13-12-34-30-35(10-11-38(34)45)40-32(2)56-42(44-40)43-39(47)29-33-7-5-8-36(28-33)55-27-26-54-25-24-53-23-22-52-21-20-51-19-18-50-17-16-49-15-14-46/h3-13,28,30,46H,14-27,29H2,1-2H3,(H,43,44,47). The lowest BCUT2D eigenvalue weighted by Crippen LogP contribution is -2.15. The number of aliphatic hydroxyl groups excluding tert-OH is 1. The Morgan fingerprint density at radius 2 is 1.34 bits per heavy atom. The molecule has 2 heterocycles. The largest absolute Gasteiger partial charge is 0.491 e. The van der Waals surface area contributed by atoms with Crippen molar-refractivity contribution in [3.05, 3.63) is 101 Å². The summed E-state index contributed by atoms with van der Waals surface area (Å²) in [7, 11) is 0. The van der Waals surface area contributed by atoms with Crippen molar-refractivity contribution in [3.63, 3.8) is 0 Å². The van der Waals surface area contributed by atoms with Crippen molar-refractivity contribution in [2.24, 2.45) is 0 Å². The fourth-order valence-corrected chi connectivity index (χ4v) is 6.56. The highest BCUT2D eigenvalue weighted by Gasteiger charge is 2.17. The van der Waals surface area contributed by atoms with E-state index in [1.165, 1.54) is 11.3 Å². The number of anilines is 1. The summed E-state index contributed by atoms with van der Waals surface area (Å²) in [6.45, 7) is 9.69. The van der Waals surface area contributed by atoms with Crippen molar-refractivity contribution < 1.29 is 47.9 Å². The summed E-state index contributed by atoms with van der Waals surface area (Å²) < 4.78 is 40.0. The van der Waals surface area contributed by atoms with Gasteiger partial charge in [0.2, 0.25) is 5.91 Å². The predicted molar refractivity (Wildman–Crippen MR) is 215 cm³/mol. The van der Waals surface area contributed by atoms with E-state index in [9.17, 15) is 9.59 Å². The number of aliphatic hydroxyl groups is 1. The highest BCUT2D eigenvalue weighted by molar-refractivity contribution is 7.16. The number of ether oxygens (including phenoxy) is 7. The van der Waals surface area contributed by atoms with Crippen LogP contribution in [0.3, 0.4) is 0 Å². The van der Waals surface area contributed by atoms with Gasteiger partial charge in [0, 0.05) is 27.6 Å². The Hall–Kier alpha value is -4.51. The molecule has 0 aliphatic heterocycles. The molecule has 2 aromatic heterocycles. The number of hydrogen-bond donors (Lipinski definition) is 2. The number of hydrogen-bond acceptors (Lipinski definition) is 12. The number of nitrogens with one attached hydrogen (secondary N) is 1. The third-order valence-corrected chi connectivity index (χ3v) is 9.34. The second-order valence-corrected chi connectivity index (χ2v) is 13.8. The van der Waals surface area contributed by atoms with Crippen LogP contribution in [0, 0.1) is 13.8 Å². The van der Waals surface area contributed by atoms with Gasteiger partial charge in [-0.3, -0.25) is 14.2 Å². The minimum absolute atomic E-state index is 0.0132. The van der Waals surface area contributed by atoms with E-state index in [2.05, 4.69) is 5.32 Å². The van der Waals surface area contributed by atoms with Gasteiger partial charge in [-0.05, 0) is 61.4 Å². The minimum Gasteiger partial charge on any atom is -0.491 e. The van der Waals surface area contributed by atoms with Crippen LogP contribution in [-0.4, -0.2) is 119 Å². The Labute approximate surface area is 331 Å². The van der Waals surface area contributed by atoms with Crippen molar-refractivity contribution in [1.82, 2.24) is 9.55 Å². The lowest BCUT2D eigenvalue weighted by atomic mass is 10.1. The smallest absolute Gasteiger partial charge is 0.262 e. The highest BCUT2D eigenvalue weighted by atomic mass is 32.1. The monoisotopic (exact) mass is 789 g/mol. The fraction of sp³-hybridized carbons (Fsp3) is 0.405. The van der Waals surface area contributed by atoms with E-state index in [1.54, 1.807) is 10.8 Å². The van der Waals surface area contributed by atoms with Crippen LogP contribution in [0.15, 0.2) is 79.0 Å². The van der Waals surface area contributed by atoms with Crippen LogP contribution in [-0.2, 0) is 39.6 Å². The number of carbonyl (C=O) groups excluding carboxylic acids is 2. The maximum Gasteiger partial charge on any atom is 0.262 e. The maximum atomic E-state index is 13.3. The average Bonchev–Trinajstić information content (AvgIpc) is 3.79. The molecule has 0 atom stereocenters. The molecule has 0 saturated heterocycles. The van der Waals surface area contributed by atoms with Crippen LogP contribution in [0.2, 0.25) is 0 Å². The summed E-state index contributed by atoms with van der Waals surface area (Å²) >= 11 is 1.42. The number of nitrogens with zero attached hydrogens (tertiary/aromatic N) is 2. The number of benzene rings is 3. The lowest BCUT2D eigenvalue weighted by Gasteiger charge is -2.09. The third kappa shape index (κ3) is 13.6. The van der Waals surface area contributed by atoms with Gasteiger partial charge in [-0.25, -0.2) is 4.98 Å². The molecule has 13 nitrogen and oxygen atoms in total. The van der Waals surface area contributed by atoms with Crippen molar-refractivity contribution in [2.45, 2.75) is 20.3 Å². The van der Waals surface area contributed by atoms with E-state index in [0.717, 1.165) is 38.2 Å². The van der Waals surface area contributed by atoms with Gasteiger partial charge in [0.15, 0.2) is 5.13 Å². The number of carbonyl (C=O) groups is 2. The van der Waals surface area contributed by atoms with Crippen LogP contribution >= 0.6 is 11.3 Å². The molecule has 0 saturated carbocycles. The SMILES string of the molecule is Cc1ccccc1C(=O)n1ccc2cc(-c3nc(NC(=O)Cc4cccc(OCCOCCOCCOCCOCCOCCOCCO)c4)sc3C)ccc21. The van der Waals surface area contributed by atoms with Gasteiger partial charge in [0.25, 0.3) is 5.91 Å². The minimum atomic E-state index is -0.175. The molecule has 0 bridgehead atoms. The molecule has 14 heteroatoms. The molecule has 300 valence electrons. The second-order valence-electron chi connectivity index (χ2n) is 12.6. The summed E-state index contributed by atoms with van der Waals surface area (Å²) in [6.07, 6.45) is 1.97. The van der Waals surface area contributed by atoms with Crippen LogP contribution in [0.5, 0.6) is 5.75 Å². The summed E-state index contributed by atoms with van der Waals surface area (Å²) in [5.41, 5.74) is 4.94. The van der Waals surface area contributed by atoms with Crippen LogP contribution in [0.25, 0.3) is 22.2 Å². The number of aryl methyl sites for hydroxylation is 2. The normalized spacial score (nSPS) is 11.3. The zero-order chi connectivity index (χ0) is 39.4. The molecule has 0 aliphatic rings. The molecular weight excluding hydrogens is 739 g/mol. The molecule has 3 aromatic carbocycles. The Balaban J connectivity index is 0.943. The Bertz CT molecular complexity index is 1960. The Morgan fingerprint density at radius 3 is 1.98 bits per heavy atom. The number of thiazole rings is 1. The highest BCUT2D eigenvalue weighted by Crippen LogP contribution is 2.33. The quantitative estimate of drug-likeness (QED) is 0.0663. The Kier molecular flexibility index (Phi) is 17.9. The van der Waals surface area contributed by atoms with E-state index in [-0.39, 0.29) is 24.8 Å². The number of rotatable bonds is 26. The summed E-state index contributed by atoms with van der Waals surface area (Å²) in [6, 6.07) is 22.9. The first-order valence-corrected chi connectivity index (χ1v) is 19.5. The number of amides is 1. The molecule has 0 unspecified atom stereocenters. The van der Waals surface area contributed by atoms with E-state index in [0.29, 0.717) is 102 Å². The van der Waals surface area contributed by atoms with Crippen LogP contribution in [0.1, 0.15) is 26.4 Å². The topological polar surface area (TPSA) is 149 Å². The number of fused-ring (bicyclic) bond motifs is 1. The van der Waals surface area contributed by atoms with Gasteiger partial charge < -0.3 is 43.6 Å². The summed E-state index contributed by atoms with van der Waals surface area (Å²) in [5.74, 6) is 0.413. The maximum absolute atomic E-state index is 13.3. The molecule has 0 aliphatic carbocycles. The third-order valence-electron chi connectivity index (χ3n) is 8.46. The van der Waals surface area contributed by atoms with Gasteiger partial charge >= 0.3 is 0 Å². The van der Waals surface area contributed by atoms with Crippen molar-refractivity contribution >= 4 is 39.2 Å². The Morgan fingerprint density at radius 1 is 0.714 bits per heavy atom. The van der Waals surface area contributed by atoms with Crippen molar-refractivity contribution in [2.75, 3.05) is 97.8 Å². The predicted octanol–water partition coefficient (Wildman–Crippen LogP) is 5.72. The molecule has 0 spiro atoms. The van der Waals surface area contributed by atoms with Crippen molar-refractivity contribution in [1.29, 1.82) is 0 Å². The molecule has 2 N–H and O–H groups in total. The van der Waals surface area contributed by atoms with E-state index in [4.69, 9.17) is 43.2 Å². The van der Waals surface area contributed by atoms with E-state index >= 15 is 0 Å². The molecule has 56 heavy (non-hydrogen) atoms. The summed E-state index contributed by atoms with van der Waals surface area (Å²) in [4.78, 5) is 32.0. The molecule has 5 rings (SSSR count). The summed E-state index contributed by atoms with van der Waals surface area (Å²) in [5, 5.41) is 13.0. The van der Waals surface area contributed by atoms with Gasteiger partial charge in [-0.1, -0.05) is 36.4 Å². The fourth-order valence-electron chi connectivity index (χ4n) is 5.71. The molecule has 0 radical (unpaired) electrons. The van der Waals surface area contributed by atoms with Gasteiger partial charge in [-0.2, -0.15) is 0 Å². The van der Waals surface area contributed by atoms with E-state index < -0.39 is 0 Å². The first kappa shape index (κ1) is 42.6. The van der Waals surface area contributed by atoms with Gasteiger partial charge in [0.1, 0.15) is 12.4 Å². The molecule has 0 fully saturated rings. The van der Waals surface area contributed by atoms with Gasteiger partial charge in [-0.15, -0.1) is 11.3 Å². The second kappa shape index (κ2) is 23.5. The molecule has 5 aromatic rings. The lowest BCUT2D eigenvalue weighted by molar-refractivity contribution is -0.115. The number of aromatic nitrogens is 2. The molecular formula is C42H51N3O10S. The van der Waals surface area contributed by atoms with Crippen LogP contribution in [0.4, 0.5) is 5.13 Å². The van der Waals surface area contributed by atoms with Gasteiger partial charge in [0.05, 0.1) is 104 Å². The molecule has 1 amide bonds. The van der Waals surface area contributed by atoms with Crippen molar-refractivity contribution in [3.8, 4) is 17.0 Å². The average molecular weight is 790 g/mol.